The largest absolute Gasteiger partial charge is 0.508 e. The molecule has 0 saturated heterocycles. The van der Waals surface area contributed by atoms with Gasteiger partial charge in [-0.15, -0.1) is 0 Å². The number of hydrogen-bond acceptors (Lipinski definition) is 5. The third kappa shape index (κ3) is 9.88. The fourth-order valence-electron chi connectivity index (χ4n) is 4.37. The summed E-state index contributed by atoms with van der Waals surface area (Å²) >= 11 is 0. The smallest absolute Gasteiger partial charge is 0.408 e. The number of aryl methyl sites for hydroxylation is 1. The number of aromatic hydroxyl groups is 1. The van der Waals surface area contributed by atoms with Crippen molar-refractivity contribution in [2.45, 2.75) is 104 Å². The first-order valence-electron chi connectivity index (χ1n) is 14.1. The maximum Gasteiger partial charge on any atom is 0.408 e. The van der Waals surface area contributed by atoms with Crippen molar-refractivity contribution < 1.29 is 24.2 Å². The molecule has 0 aromatic heterocycles. The highest BCUT2D eigenvalue weighted by molar-refractivity contribution is 5.92. The second-order valence-corrected chi connectivity index (χ2v) is 12.1. The molecular weight excluding hydrogens is 506 g/mol. The van der Waals surface area contributed by atoms with E-state index in [0.717, 1.165) is 30.4 Å². The number of carbonyl (C=O) groups is 3. The van der Waals surface area contributed by atoms with E-state index < -0.39 is 35.2 Å². The number of phenolic OH excluding ortho intramolecular Hbond substituents is 1. The molecule has 2 aromatic carbocycles. The van der Waals surface area contributed by atoms with Crippen LogP contribution in [0.3, 0.4) is 0 Å². The van der Waals surface area contributed by atoms with Crippen molar-refractivity contribution in [3.8, 4) is 5.75 Å². The van der Waals surface area contributed by atoms with Crippen molar-refractivity contribution in [3.05, 3.63) is 65.2 Å². The Morgan fingerprint density at radius 2 is 1.48 bits per heavy atom. The number of nitrogens with zero attached hydrogens (tertiary/aromatic N) is 1. The quantitative estimate of drug-likeness (QED) is 0.311. The number of unbranched alkanes of at least 4 members (excludes halogenated alkanes) is 1. The van der Waals surface area contributed by atoms with Crippen LogP contribution in [-0.4, -0.2) is 51.6 Å². The minimum atomic E-state index is -1.03. The van der Waals surface area contributed by atoms with Gasteiger partial charge in [0, 0.05) is 18.5 Å². The average Bonchev–Trinajstić information content (AvgIpc) is 2.86. The Labute approximate surface area is 239 Å². The van der Waals surface area contributed by atoms with E-state index >= 15 is 0 Å². The molecule has 0 spiro atoms. The highest BCUT2D eigenvalue weighted by atomic mass is 16.6. The lowest BCUT2D eigenvalue weighted by atomic mass is 9.93. The van der Waals surface area contributed by atoms with Gasteiger partial charge < -0.3 is 25.4 Å². The van der Waals surface area contributed by atoms with E-state index in [1.54, 1.807) is 37.8 Å². The van der Waals surface area contributed by atoms with Crippen LogP contribution in [0.2, 0.25) is 0 Å². The predicted octanol–water partition coefficient (Wildman–Crippen LogP) is 5.68. The van der Waals surface area contributed by atoms with Crippen LogP contribution in [0.15, 0.2) is 48.5 Å². The third-order valence-electron chi connectivity index (χ3n) is 6.37. The summed E-state index contributed by atoms with van der Waals surface area (Å²) in [6, 6.07) is 12.3. The van der Waals surface area contributed by atoms with Crippen LogP contribution in [0, 0.1) is 0 Å². The number of rotatable bonds is 11. The standard InChI is InChI=1S/C32H47N3O5/c1-9-11-20-33-28(37)27(24-16-12-22(10-2)13-17-24)35(31(3,4)5)29(38)26(34-30(39)40-32(6,7)8)21-23-14-18-25(36)19-15-23/h12-19,26-27,36H,9-11,20-21H2,1-8H3,(H,33,37)(H,34,39). The Bertz CT molecular complexity index is 1120. The highest BCUT2D eigenvalue weighted by Crippen LogP contribution is 2.31. The second-order valence-electron chi connectivity index (χ2n) is 12.1. The highest BCUT2D eigenvalue weighted by Gasteiger charge is 2.41. The minimum absolute atomic E-state index is 0.0994. The van der Waals surface area contributed by atoms with Gasteiger partial charge in [0.2, 0.25) is 11.8 Å². The van der Waals surface area contributed by atoms with Crippen molar-refractivity contribution in [1.29, 1.82) is 0 Å². The van der Waals surface area contributed by atoms with Crippen molar-refractivity contribution in [2.24, 2.45) is 0 Å². The van der Waals surface area contributed by atoms with E-state index in [-0.39, 0.29) is 18.1 Å². The Balaban J connectivity index is 2.58. The molecule has 2 atom stereocenters. The molecule has 3 N–H and O–H groups in total. The number of carbonyl (C=O) groups excluding carboxylic acids is 3. The third-order valence-corrected chi connectivity index (χ3v) is 6.37. The molecule has 0 radical (unpaired) electrons. The molecule has 2 aromatic rings. The zero-order valence-electron chi connectivity index (χ0n) is 25.3. The van der Waals surface area contributed by atoms with Gasteiger partial charge in [-0.2, -0.15) is 0 Å². The summed E-state index contributed by atoms with van der Waals surface area (Å²) < 4.78 is 5.48. The summed E-state index contributed by atoms with van der Waals surface area (Å²) in [5.41, 5.74) is 1.01. The van der Waals surface area contributed by atoms with Gasteiger partial charge in [-0.1, -0.05) is 56.7 Å². The Morgan fingerprint density at radius 1 is 0.900 bits per heavy atom. The van der Waals surface area contributed by atoms with Gasteiger partial charge in [0.15, 0.2) is 0 Å². The summed E-state index contributed by atoms with van der Waals surface area (Å²) in [5, 5.41) is 15.5. The van der Waals surface area contributed by atoms with Crippen LogP contribution in [0.25, 0.3) is 0 Å². The van der Waals surface area contributed by atoms with Gasteiger partial charge in [-0.3, -0.25) is 9.59 Å². The van der Waals surface area contributed by atoms with Crippen molar-refractivity contribution >= 4 is 17.9 Å². The van der Waals surface area contributed by atoms with Gasteiger partial charge in [-0.25, -0.2) is 4.79 Å². The van der Waals surface area contributed by atoms with Gasteiger partial charge in [0.25, 0.3) is 0 Å². The molecule has 3 amide bonds. The molecule has 40 heavy (non-hydrogen) atoms. The lowest BCUT2D eigenvalue weighted by Gasteiger charge is -2.43. The maximum atomic E-state index is 14.5. The number of nitrogens with one attached hydrogen (secondary N) is 2. The lowest BCUT2D eigenvalue weighted by molar-refractivity contribution is -0.148. The molecular formula is C32H47N3O5. The van der Waals surface area contributed by atoms with E-state index in [1.807, 2.05) is 52.0 Å². The molecule has 0 heterocycles. The molecule has 0 aliphatic heterocycles. The zero-order chi connectivity index (χ0) is 30.1. The van der Waals surface area contributed by atoms with Crippen LogP contribution in [-0.2, 0) is 27.2 Å². The fraction of sp³-hybridized carbons (Fsp3) is 0.531. The zero-order valence-corrected chi connectivity index (χ0v) is 25.3. The maximum absolute atomic E-state index is 14.5. The lowest BCUT2D eigenvalue weighted by Crippen LogP contribution is -2.59. The fourth-order valence-corrected chi connectivity index (χ4v) is 4.37. The van der Waals surface area contributed by atoms with E-state index in [0.29, 0.717) is 12.1 Å². The summed E-state index contributed by atoms with van der Waals surface area (Å²) in [5.74, 6) is -0.592. The average molecular weight is 554 g/mol. The molecule has 0 fully saturated rings. The minimum Gasteiger partial charge on any atom is -0.508 e. The van der Waals surface area contributed by atoms with E-state index in [1.165, 1.54) is 12.1 Å². The summed E-state index contributed by atoms with van der Waals surface area (Å²) in [6.45, 7) is 15.5. The molecule has 0 saturated carbocycles. The van der Waals surface area contributed by atoms with Crippen molar-refractivity contribution in [1.82, 2.24) is 15.5 Å². The molecule has 2 unspecified atom stereocenters. The number of phenols is 1. The Kier molecular flexibility index (Phi) is 11.6. The summed E-state index contributed by atoms with van der Waals surface area (Å²) in [4.78, 5) is 42.7. The normalized spacial score (nSPS) is 13.2. The first-order valence-corrected chi connectivity index (χ1v) is 14.1. The second kappa shape index (κ2) is 14.2. The van der Waals surface area contributed by atoms with Gasteiger partial charge in [-0.05, 0) is 83.2 Å². The number of ether oxygens (including phenoxy) is 1. The molecule has 2 rings (SSSR count). The molecule has 8 nitrogen and oxygen atoms in total. The monoisotopic (exact) mass is 553 g/mol. The Hall–Kier alpha value is -3.55. The number of hydrogen-bond donors (Lipinski definition) is 3. The Morgan fingerprint density at radius 3 is 1.98 bits per heavy atom. The topological polar surface area (TPSA) is 108 Å². The van der Waals surface area contributed by atoms with E-state index in [4.69, 9.17) is 4.74 Å². The first-order chi connectivity index (χ1) is 18.7. The SMILES string of the molecule is CCCCNC(=O)C(c1ccc(CC)cc1)N(C(=O)C(Cc1ccc(O)cc1)NC(=O)OC(C)(C)C)C(C)(C)C. The van der Waals surface area contributed by atoms with Crippen molar-refractivity contribution in [3.63, 3.8) is 0 Å². The molecule has 8 heteroatoms. The molecule has 0 aliphatic carbocycles. The first kappa shape index (κ1) is 32.7. The molecule has 220 valence electrons. The number of alkyl carbamates (subject to hydrolysis) is 1. The van der Waals surface area contributed by atoms with Gasteiger partial charge in [0.05, 0.1) is 0 Å². The van der Waals surface area contributed by atoms with Crippen LogP contribution < -0.4 is 10.6 Å². The number of benzene rings is 2. The van der Waals surface area contributed by atoms with E-state index in [9.17, 15) is 19.5 Å². The van der Waals surface area contributed by atoms with Crippen LogP contribution in [0.5, 0.6) is 5.75 Å². The van der Waals surface area contributed by atoms with E-state index in [2.05, 4.69) is 17.6 Å². The van der Waals surface area contributed by atoms with Crippen LogP contribution >= 0.6 is 0 Å². The summed E-state index contributed by atoms with van der Waals surface area (Å²) in [6.07, 6.45) is 2.01. The predicted molar refractivity (Wildman–Crippen MR) is 158 cm³/mol. The van der Waals surface area contributed by atoms with Crippen molar-refractivity contribution in [2.75, 3.05) is 6.54 Å². The van der Waals surface area contributed by atoms with Crippen LogP contribution in [0.1, 0.15) is 91.0 Å². The molecule has 0 bridgehead atoms. The molecule has 0 aliphatic rings. The van der Waals surface area contributed by atoms with Crippen LogP contribution in [0.4, 0.5) is 4.79 Å². The van der Waals surface area contributed by atoms with Gasteiger partial charge in [0.1, 0.15) is 23.4 Å². The number of amides is 3. The van der Waals surface area contributed by atoms with Gasteiger partial charge >= 0.3 is 6.09 Å². The summed E-state index contributed by atoms with van der Waals surface area (Å²) in [7, 11) is 0.